The highest BCUT2D eigenvalue weighted by Gasteiger charge is 2.15. The van der Waals surface area contributed by atoms with E-state index in [-0.39, 0.29) is 0 Å². The van der Waals surface area contributed by atoms with Crippen LogP contribution in [0.25, 0.3) is 33.4 Å². The molecule has 3 aromatic heterocycles. The van der Waals surface area contributed by atoms with Crippen LogP contribution in [0.15, 0.2) is 55.0 Å². The van der Waals surface area contributed by atoms with Gasteiger partial charge in [0, 0.05) is 41.1 Å². The van der Waals surface area contributed by atoms with Crippen LogP contribution in [0.4, 0.5) is 5.95 Å². The van der Waals surface area contributed by atoms with Crippen molar-refractivity contribution in [3.8, 4) is 28.1 Å². The van der Waals surface area contributed by atoms with Gasteiger partial charge in [-0.05, 0) is 42.7 Å². The second-order valence-electron chi connectivity index (χ2n) is 8.15. The summed E-state index contributed by atoms with van der Waals surface area (Å²) in [7, 11) is 1.68. The highest BCUT2D eigenvalue weighted by Crippen LogP contribution is 2.31. The molecule has 4 aromatic rings. The predicted octanol–water partition coefficient (Wildman–Crippen LogP) is 5.83. The van der Waals surface area contributed by atoms with Crippen molar-refractivity contribution in [1.29, 1.82) is 0 Å². The van der Waals surface area contributed by atoms with Crippen LogP contribution in [0.3, 0.4) is 0 Å². The van der Waals surface area contributed by atoms with E-state index in [1.54, 1.807) is 7.11 Å². The van der Waals surface area contributed by atoms with E-state index in [2.05, 4.69) is 26.3 Å². The molecule has 1 aliphatic rings. The van der Waals surface area contributed by atoms with Crippen molar-refractivity contribution in [2.24, 2.45) is 0 Å². The molecule has 1 saturated carbocycles. The maximum absolute atomic E-state index is 5.27. The van der Waals surface area contributed by atoms with E-state index in [1.165, 1.54) is 38.5 Å². The first-order chi connectivity index (χ1) is 15.3. The summed E-state index contributed by atoms with van der Waals surface area (Å²) < 4.78 is 5.27. The average Bonchev–Trinajstić information content (AvgIpc) is 3.07. The topological polar surface area (TPSA) is 75.7 Å². The van der Waals surface area contributed by atoms with E-state index >= 15 is 0 Å². The lowest BCUT2D eigenvalue weighted by molar-refractivity contribution is 0.415. The number of aromatic amines is 1. The molecule has 3 heterocycles. The Morgan fingerprint density at radius 2 is 1.77 bits per heavy atom. The zero-order valence-corrected chi connectivity index (χ0v) is 17.8. The number of hydrogen-bond donors (Lipinski definition) is 2. The highest BCUT2D eigenvalue weighted by molar-refractivity contribution is 5.95. The third-order valence-electron chi connectivity index (χ3n) is 6.07. The molecule has 6 heteroatoms. The van der Waals surface area contributed by atoms with E-state index in [0.29, 0.717) is 12.0 Å². The van der Waals surface area contributed by atoms with E-state index in [0.717, 1.165) is 39.2 Å². The number of rotatable bonds is 5. The molecule has 1 fully saturated rings. The smallest absolute Gasteiger partial charge is 0.223 e. The van der Waals surface area contributed by atoms with Crippen LogP contribution in [-0.2, 0) is 0 Å². The van der Waals surface area contributed by atoms with Crippen molar-refractivity contribution in [3.63, 3.8) is 0 Å². The van der Waals surface area contributed by atoms with Crippen molar-refractivity contribution in [2.45, 2.75) is 44.6 Å². The van der Waals surface area contributed by atoms with Gasteiger partial charge in [0.15, 0.2) is 0 Å². The van der Waals surface area contributed by atoms with Gasteiger partial charge in [0.25, 0.3) is 0 Å². The van der Waals surface area contributed by atoms with Crippen molar-refractivity contribution in [2.75, 3.05) is 12.4 Å². The number of H-pyrrole nitrogens is 1. The van der Waals surface area contributed by atoms with Crippen LogP contribution < -0.4 is 10.1 Å². The molecule has 1 aromatic carbocycles. The molecule has 0 atom stereocenters. The first kappa shape index (κ1) is 19.5. The second-order valence-corrected chi connectivity index (χ2v) is 8.15. The Balaban J connectivity index is 1.45. The minimum atomic E-state index is 0.462. The van der Waals surface area contributed by atoms with Crippen LogP contribution in [0.2, 0.25) is 0 Å². The number of pyridine rings is 1. The standard InChI is InChI=1S/C25H27N5O/c1-31-20-10-8-17(9-11-20)18-14-21-22(16-28-24(21)27-15-18)23-12-13-26-25(30-23)29-19-6-4-2-3-5-7-19/h8-16,19H,2-7H2,1H3,(H,27,28)(H,26,29,30). The first-order valence-electron chi connectivity index (χ1n) is 11.0. The third-order valence-corrected chi connectivity index (χ3v) is 6.07. The summed E-state index contributed by atoms with van der Waals surface area (Å²) in [5.41, 5.74) is 4.93. The summed E-state index contributed by atoms with van der Waals surface area (Å²) in [5, 5.41) is 4.61. The summed E-state index contributed by atoms with van der Waals surface area (Å²) in [6.07, 6.45) is 13.3. The zero-order chi connectivity index (χ0) is 21.0. The Bertz CT molecular complexity index is 1160. The number of fused-ring (bicyclic) bond motifs is 1. The molecule has 0 aliphatic heterocycles. The maximum atomic E-state index is 5.27. The zero-order valence-electron chi connectivity index (χ0n) is 17.8. The lowest BCUT2D eigenvalue weighted by Gasteiger charge is -2.16. The Hall–Kier alpha value is -3.41. The lowest BCUT2D eigenvalue weighted by Crippen LogP contribution is -2.19. The van der Waals surface area contributed by atoms with Crippen molar-refractivity contribution in [1.82, 2.24) is 19.9 Å². The Labute approximate surface area is 182 Å². The van der Waals surface area contributed by atoms with E-state index < -0.39 is 0 Å². The van der Waals surface area contributed by atoms with E-state index in [4.69, 9.17) is 9.72 Å². The average molecular weight is 414 g/mol. The van der Waals surface area contributed by atoms with Gasteiger partial charge in [-0.2, -0.15) is 0 Å². The number of ether oxygens (including phenoxy) is 1. The summed E-state index contributed by atoms with van der Waals surface area (Å²) >= 11 is 0. The van der Waals surface area contributed by atoms with E-state index in [9.17, 15) is 0 Å². The fraction of sp³-hybridized carbons (Fsp3) is 0.320. The van der Waals surface area contributed by atoms with Crippen molar-refractivity contribution >= 4 is 17.0 Å². The van der Waals surface area contributed by atoms with Gasteiger partial charge in [-0.1, -0.05) is 37.8 Å². The van der Waals surface area contributed by atoms with Gasteiger partial charge < -0.3 is 15.0 Å². The molecule has 0 bridgehead atoms. The highest BCUT2D eigenvalue weighted by atomic mass is 16.5. The second kappa shape index (κ2) is 8.76. The summed E-state index contributed by atoms with van der Waals surface area (Å²) in [5.74, 6) is 1.55. The molecule has 158 valence electrons. The molecule has 0 amide bonds. The molecular formula is C25H27N5O. The van der Waals surface area contributed by atoms with Gasteiger partial charge in [-0.25, -0.2) is 15.0 Å². The molecule has 0 radical (unpaired) electrons. The first-order valence-corrected chi connectivity index (χ1v) is 11.0. The SMILES string of the molecule is COc1ccc(-c2cnc3[nH]cc(-c4ccnc(NC5CCCCCC5)n4)c3c2)cc1. The van der Waals surface area contributed by atoms with Crippen LogP contribution in [-0.4, -0.2) is 33.1 Å². The maximum Gasteiger partial charge on any atom is 0.223 e. The van der Waals surface area contributed by atoms with Gasteiger partial charge >= 0.3 is 0 Å². The molecule has 1 aliphatic carbocycles. The monoisotopic (exact) mass is 413 g/mol. The number of nitrogens with one attached hydrogen (secondary N) is 2. The summed E-state index contributed by atoms with van der Waals surface area (Å²) in [6, 6.07) is 12.6. The quantitative estimate of drug-likeness (QED) is 0.403. The van der Waals surface area contributed by atoms with Crippen LogP contribution in [0, 0.1) is 0 Å². The largest absolute Gasteiger partial charge is 0.497 e. The normalized spacial score (nSPS) is 15.0. The minimum absolute atomic E-state index is 0.462. The Kier molecular flexibility index (Phi) is 5.52. The number of hydrogen-bond acceptors (Lipinski definition) is 5. The van der Waals surface area contributed by atoms with Crippen LogP contribution in [0.1, 0.15) is 38.5 Å². The van der Waals surface area contributed by atoms with Crippen LogP contribution >= 0.6 is 0 Å². The van der Waals surface area contributed by atoms with Gasteiger partial charge in [0.1, 0.15) is 11.4 Å². The molecule has 31 heavy (non-hydrogen) atoms. The van der Waals surface area contributed by atoms with Gasteiger partial charge in [-0.3, -0.25) is 0 Å². The Morgan fingerprint density at radius 3 is 2.55 bits per heavy atom. The third kappa shape index (κ3) is 4.24. The van der Waals surface area contributed by atoms with Gasteiger partial charge in [-0.15, -0.1) is 0 Å². The fourth-order valence-electron chi connectivity index (χ4n) is 4.34. The molecule has 5 rings (SSSR count). The molecular weight excluding hydrogens is 386 g/mol. The number of benzene rings is 1. The lowest BCUT2D eigenvalue weighted by atomic mass is 10.0. The fourth-order valence-corrected chi connectivity index (χ4v) is 4.34. The predicted molar refractivity (Wildman–Crippen MR) is 124 cm³/mol. The number of anilines is 1. The van der Waals surface area contributed by atoms with Crippen molar-refractivity contribution < 1.29 is 4.74 Å². The van der Waals surface area contributed by atoms with Gasteiger partial charge in [0.2, 0.25) is 5.95 Å². The molecule has 0 unspecified atom stereocenters. The minimum Gasteiger partial charge on any atom is -0.497 e. The number of aromatic nitrogens is 4. The Morgan fingerprint density at radius 1 is 0.968 bits per heavy atom. The number of methoxy groups -OCH3 is 1. The van der Waals surface area contributed by atoms with Crippen LogP contribution in [0.5, 0.6) is 5.75 Å². The van der Waals surface area contributed by atoms with Gasteiger partial charge in [0.05, 0.1) is 12.8 Å². The molecule has 0 spiro atoms. The molecule has 2 N–H and O–H groups in total. The van der Waals surface area contributed by atoms with E-state index in [1.807, 2.05) is 48.9 Å². The molecule has 0 saturated heterocycles. The van der Waals surface area contributed by atoms with Crippen molar-refractivity contribution in [3.05, 3.63) is 55.0 Å². The molecule has 6 nitrogen and oxygen atoms in total. The summed E-state index contributed by atoms with van der Waals surface area (Å²) in [4.78, 5) is 17.2. The summed E-state index contributed by atoms with van der Waals surface area (Å²) in [6.45, 7) is 0. The number of nitrogens with zero attached hydrogens (tertiary/aromatic N) is 3.